The van der Waals surface area contributed by atoms with Crippen LogP contribution in [0.2, 0.25) is 0 Å². The van der Waals surface area contributed by atoms with Crippen LogP contribution in [0.3, 0.4) is 0 Å². The number of nitriles is 1. The number of aryl methyl sites for hydroxylation is 1. The van der Waals surface area contributed by atoms with Gasteiger partial charge in [0.05, 0.1) is 49.7 Å². The van der Waals surface area contributed by atoms with Gasteiger partial charge in [-0.1, -0.05) is 0 Å². The van der Waals surface area contributed by atoms with E-state index in [4.69, 9.17) is 19.5 Å². The molecule has 0 radical (unpaired) electrons. The lowest BCUT2D eigenvalue weighted by Crippen LogP contribution is -2.20. The van der Waals surface area contributed by atoms with Crippen LogP contribution in [0.4, 0.5) is 0 Å². The molecule has 0 spiro atoms. The number of benzene rings is 2. The number of methoxy groups -OCH3 is 3. The van der Waals surface area contributed by atoms with Crippen LogP contribution in [0.15, 0.2) is 41.2 Å². The molecule has 4 rings (SSSR count). The molecule has 0 aliphatic heterocycles. The van der Waals surface area contributed by atoms with Crippen molar-refractivity contribution in [3.05, 3.63) is 52.4 Å². The highest BCUT2D eigenvalue weighted by molar-refractivity contribution is 6.06. The van der Waals surface area contributed by atoms with Gasteiger partial charge in [0, 0.05) is 18.5 Å². The van der Waals surface area contributed by atoms with Gasteiger partial charge in [-0.15, -0.1) is 0 Å². The molecular formula is C21H18N4O4. The largest absolute Gasteiger partial charge is 0.493 e. The lowest BCUT2D eigenvalue weighted by atomic mass is 10.1. The summed E-state index contributed by atoms with van der Waals surface area (Å²) in [5, 5.41) is 9.78. The number of aromatic nitrogens is 3. The number of rotatable bonds is 4. The molecular weight excluding hydrogens is 372 g/mol. The van der Waals surface area contributed by atoms with E-state index in [0.29, 0.717) is 50.6 Å². The second kappa shape index (κ2) is 6.87. The van der Waals surface area contributed by atoms with Crippen LogP contribution in [0.25, 0.3) is 27.6 Å². The molecule has 0 aliphatic rings. The summed E-state index contributed by atoms with van der Waals surface area (Å²) in [4.78, 5) is 17.7. The van der Waals surface area contributed by atoms with Crippen LogP contribution in [-0.4, -0.2) is 35.4 Å². The Hall–Kier alpha value is -3.99. The molecule has 0 unspecified atom stereocenters. The van der Waals surface area contributed by atoms with Gasteiger partial charge in [0.2, 0.25) is 5.88 Å². The van der Waals surface area contributed by atoms with Crippen molar-refractivity contribution in [3.8, 4) is 29.1 Å². The van der Waals surface area contributed by atoms with Crippen molar-refractivity contribution in [2.24, 2.45) is 7.05 Å². The Labute approximate surface area is 166 Å². The number of nitrogens with zero attached hydrogens (tertiary/aromatic N) is 4. The average Bonchev–Trinajstić information content (AvgIpc) is 3.03. The van der Waals surface area contributed by atoms with Gasteiger partial charge in [0.25, 0.3) is 0 Å². The van der Waals surface area contributed by atoms with Gasteiger partial charge in [0.15, 0.2) is 11.5 Å². The van der Waals surface area contributed by atoms with Gasteiger partial charge in [-0.05, 0) is 30.3 Å². The summed E-state index contributed by atoms with van der Waals surface area (Å²) >= 11 is 0. The van der Waals surface area contributed by atoms with E-state index < -0.39 is 0 Å². The molecule has 0 saturated carbocycles. The zero-order valence-corrected chi connectivity index (χ0v) is 16.4. The molecule has 29 heavy (non-hydrogen) atoms. The van der Waals surface area contributed by atoms with Crippen molar-refractivity contribution in [2.75, 3.05) is 21.3 Å². The molecule has 0 N–H and O–H groups in total. The van der Waals surface area contributed by atoms with E-state index in [9.17, 15) is 4.79 Å². The first-order chi connectivity index (χ1) is 14.0. The fraction of sp³-hybridized carbons (Fsp3) is 0.190. The minimum atomic E-state index is -0.257. The van der Waals surface area contributed by atoms with E-state index in [-0.39, 0.29) is 5.69 Å². The maximum absolute atomic E-state index is 13.2. The Morgan fingerprint density at radius 2 is 1.62 bits per heavy atom. The fourth-order valence-electron chi connectivity index (χ4n) is 3.48. The molecule has 0 bridgehead atoms. The number of hydrogen-bond donors (Lipinski definition) is 0. The van der Waals surface area contributed by atoms with E-state index in [1.165, 1.54) is 11.7 Å². The summed E-state index contributed by atoms with van der Waals surface area (Å²) in [7, 11) is 6.28. The summed E-state index contributed by atoms with van der Waals surface area (Å²) in [5.74, 6) is 1.37. The lowest BCUT2D eigenvalue weighted by Gasteiger charge is -2.12. The van der Waals surface area contributed by atoms with Crippen LogP contribution in [0, 0.1) is 11.3 Å². The van der Waals surface area contributed by atoms with Crippen molar-refractivity contribution >= 4 is 21.9 Å². The highest BCUT2D eigenvalue weighted by Gasteiger charge is 2.22. The van der Waals surface area contributed by atoms with Crippen LogP contribution >= 0.6 is 0 Å². The minimum absolute atomic E-state index is 0.257. The van der Waals surface area contributed by atoms with Gasteiger partial charge < -0.3 is 14.2 Å². The first-order valence-electron chi connectivity index (χ1n) is 8.75. The number of hydrogen-bond acceptors (Lipinski definition) is 6. The van der Waals surface area contributed by atoms with Crippen molar-refractivity contribution in [1.29, 1.82) is 5.26 Å². The zero-order valence-electron chi connectivity index (χ0n) is 16.4. The van der Waals surface area contributed by atoms with Crippen LogP contribution in [0.1, 0.15) is 5.56 Å². The molecule has 8 heteroatoms. The minimum Gasteiger partial charge on any atom is -0.493 e. The third-order valence-electron chi connectivity index (χ3n) is 4.89. The Balaban J connectivity index is 2.21. The van der Waals surface area contributed by atoms with Gasteiger partial charge >= 0.3 is 5.69 Å². The van der Waals surface area contributed by atoms with E-state index in [0.717, 1.165) is 0 Å². The normalized spacial score (nSPS) is 10.9. The average molecular weight is 390 g/mol. The topological polar surface area (TPSA) is 91.3 Å². The lowest BCUT2D eigenvalue weighted by molar-refractivity contribution is 0.355. The van der Waals surface area contributed by atoms with Crippen molar-refractivity contribution < 1.29 is 14.2 Å². The van der Waals surface area contributed by atoms with Gasteiger partial charge in [0.1, 0.15) is 5.52 Å². The zero-order chi connectivity index (χ0) is 20.7. The molecule has 2 aromatic heterocycles. The van der Waals surface area contributed by atoms with E-state index >= 15 is 0 Å². The van der Waals surface area contributed by atoms with Gasteiger partial charge in [-0.2, -0.15) is 5.26 Å². The number of pyridine rings is 1. The van der Waals surface area contributed by atoms with E-state index in [2.05, 4.69) is 11.1 Å². The standard InChI is InChI=1S/C21H18N4O4/c1-24-19-18(25(21(24)26)13-7-5-12(11-22)6-8-13)14-9-16(27-2)17(28-3)10-15(14)23-20(19)29-4/h5-10H,1-4H3. The predicted molar refractivity (Wildman–Crippen MR) is 108 cm³/mol. The molecule has 0 amide bonds. The summed E-state index contributed by atoms with van der Waals surface area (Å²) < 4.78 is 19.4. The summed E-state index contributed by atoms with van der Waals surface area (Å²) in [5.41, 5.74) is 2.67. The quantitative estimate of drug-likeness (QED) is 0.532. The predicted octanol–water partition coefficient (Wildman–Crippen LogP) is 2.77. The second-order valence-electron chi connectivity index (χ2n) is 6.38. The molecule has 8 nitrogen and oxygen atoms in total. The monoisotopic (exact) mass is 390 g/mol. The molecule has 2 heterocycles. The highest BCUT2D eigenvalue weighted by Crippen LogP contribution is 2.37. The van der Waals surface area contributed by atoms with Gasteiger partial charge in [-0.25, -0.2) is 9.78 Å². The molecule has 0 saturated heterocycles. The summed E-state index contributed by atoms with van der Waals surface area (Å²) in [6.45, 7) is 0. The maximum Gasteiger partial charge on any atom is 0.333 e. The fourth-order valence-corrected chi connectivity index (χ4v) is 3.48. The first kappa shape index (κ1) is 18.4. The molecule has 4 aromatic rings. The van der Waals surface area contributed by atoms with Crippen LogP contribution in [0.5, 0.6) is 17.4 Å². The number of ether oxygens (including phenoxy) is 3. The first-order valence-corrected chi connectivity index (χ1v) is 8.75. The Bertz CT molecular complexity index is 1340. The molecule has 0 aliphatic carbocycles. The highest BCUT2D eigenvalue weighted by atomic mass is 16.5. The van der Waals surface area contributed by atoms with Crippen molar-refractivity contribution in [1.82, 2.24) is 14.1 Å². The summed E-state index contributed by atoms with van der Waals surface area (Å²) in [6.07, 6.45) is 0. The Morgan fingerprint density at radius 3 is 2.21 bits per heavy atom. The molecule has 2 aromatic carbocycles. The SMILES string of the molecule is COc1cc2nc(OC)c3c(c2cc1OC)n(-c1ccc(C#N)cc1)c(=O)n3C. The maximum atomic E-state index is 13.2. The van der Waals surface area contributed by atoms with E-state index in [1.807, 2.05) is 0 Å². The molecule has 146 valence electrons. The van der Waals surface area contributed by atoms with Gasteiger partial charge in [-0.3, -0.25) is 9.13 Å². The van der Waals surface area contributed by atoms with E-state index in [1.54, 1.807) is 62.2 Å². The third kappa shape index (κ3) is 2.67. The Kier molecular flexibility index (Phi) is 4.35. The van der Waals surface area contributed by atoms with Crippen molar-refractivity contribution in [3.63, 3.8) is 0 Å². The molecule has 0 fully saturated rings. The third-order valence-corrected chi connectivity index (χ3v) is 4.89. The van der Waals surface area contributed by atoms with Crippen LogP contribution < -0.4 is 19.9 Å². The smallest absolute Gasteiger partial charge is 0.333 e. The second-order valence-corrected chi connectivity index (χ2v) is 6.38. The van der Waals surface area contributed by atoms with Crippen molar-refractivity contribution in [2.45, 2.75) is 0 Å². The summed E-state index contributed by atoms with van der Waals surface area (Å²) in [6, 6.07) is 12.4. The molecule has 0 atom stereocenters. The number of fused-ring (bicyclic) bond motifs is 3. The van der Waals surface area contributed by atoms with Crippen LogP contribution in [-0.2, 0) is 7.05 Å². The Morgan fingerprint density at radius 1 is 0.966 bits per heavy atom. The number of imidazole rings is 1.